The molecule has 7 nitrogen and oxygen atoms in total. The minimum Gasteiger partial charge on any atom is -0.384 e. The molecule has 0 radical (unpaired) electrons. The molecule has 27 heavy (non-hydrogen) atoms. The number of hydrogen-bond acceptors (Lipinski definition) is 6. The number of hydrogen-bond donors (Lipinski definition) is 2. The molecule has 4 rings (SSSR count). The van der Waals surface area contributed by atoms with E-state index >= 15 is 0 Å². The van der Waals surface area contributed by atoms with E-state index in [2.05, 4.69) is 34.0 Å². The fraction of sp³-hybridized carbons (Fsp3) is 0.200. The fourth-order valence-electron chi connectivity index (χ4n) is 3.26. The van der Waals surface area contributed by atoms with Crippen molar-refractivity contribution in [1.29, 1.82) is 0 Å². The predicted molar refractivity (Wildman–Crippen MR) is 108 cm³/mol. The van der Waals surface area contributed by atoms with Crippen molar-refractivity contribution in [3.05, 3.63) is 48.2 Å². The monoisotopic (exact) mass is 359 g/mol. The van der Waals surface area contributed by atoms with Crippen molar-refractivity contribution in [2.45, 2.75) is 26.8 Å². The van der Waals surface area contributed by atoms with Crippen LogP contribution >= 0.6 is 0 Å². The SMILES string of the molecule is CCc1cccc(-c2nc(N)nc3c2nc(-c2ccnc(N)c2)n3CC)c1. The Bertz CT molecular complexity index is 1130. The van der Waals surface area contributed by atoms with Crippen LogP contribution in [0.2, 0.25) is 0 Å². The number of imidazole rings is 1. The standard InChI is InChI=1S/C20H21N7/c1-3-12-6-5-7-13(10-12)16-17-19(26-20(22)25-16)27(4-2)18(24-17)14-8-9-23-15(21)11-14/h5-11H,3-4H2,1-2H3,(H2,21,23)(H2,22,25,26). The van der Waals surface area contributed by atoms with Gasteiger partial charge in [-0.25, -0.2) is 15.0 Å². The van der Waals surface area contributed by atoms with Gasteiger partial charge in [-0.2, -0.15) is 4.98 Å². The molecule has 4 aromatic rings. The summed E-state index contributed by atoms with van der Waals surface area (Å²) >= 11 is 0. The first-order valence-corrected chi connectivity index (χ1v) is 8.95. The lowest BCUT2D eigenvalue weighted by Crippen LogP contribution is -2.03. The van der Waals surface area contributed by atoms with Gasteiger partial charge in [0.2, 0.25) is 5.95 Å². The summed E-state index contributed by atoms with van der Waals surface area (Å²) in [7, 11) is 0. The van der Waals surface area contributed by atoms with Crippen LogP contribution in [0.25, 0.3) is 33.8 Å². The molecule has 0 fully saturated rings. The second-order valence-corrected chi connectivity index (χ2v) is 6.31. The molecule has 3 heterocycles. The number of nitrogens with zero attached hydrogens (tertiary/aromatic N) is 5. The van der Waals surface area contributed by atoms with Crippen molar-refractivity contribution in [2.24, 2.45) is 0 Å². The first-order valence-electron chi connectivity index (χ1n) is 8.95. The van der Waals surface area contributed by atoms with Crippen LogP contribution in [0.15, 0.2) is 42.6 Å². The van der Waals surface area contributed by atoms with E-state index in [0.717, 1.165) is 34.6 Å². The summed E-state index contributed by atoms with van der Waals surface area (Å²) < 4.78 is 2.02. The highest BCUT2D eigenvalue weighted by atomic mass is 15.2. The maximum atomic E-state index is 6.03. The number of aryl methyl sites for hydroxylation is 2. The van der Waals surface area contributed by atoms with E-state index in [1.807, 2.05) is 35.8 Å². The summed E-state index contributed by atoms with van der Waals surface area (Å²) in [5.74, 6) is 1.45. The molecule has 4 N–H and O–H groups in total. The summed E-state index contributed by atoms with van der Waals surface area (Å²) in [6.45, 7) is 4.87. The minimum atomic E-state index is 0.231. The van der Waals surface area contributed by atoms with Crippen molar-refractivity contribution in [1.82, 2.24) is 24.5 Å². The Morgan fingerprint density at radius 3 is 2.56 bits per heavy atom. The van der Waals surface area contributed by atoms with Gasteiger partial charge in [-0.1, -0.05) is 25.1 Å². The van der Waals surface area contributed by atoms with E-state index in [1.165, 1.54) is 5.56 Å². The van der Waals surface area contributed by atoms with Gasteiger partial charge >= 0.3 is 0 Å². The number of nitrogens with two attached hydrogens (primary N) is 2. The van der Waals surface area contributed by atoms with Crippen LogP contribution in [0.3, 0.4) is 0 Å². The number of aromatic nitrogens is 5. The first-order chi connectivity index (χ1) is 13.1. The smallest absolute Gasteiger partial charge is 0.222 e. The van der Waals surface area contributed by atoms with Gasteiger partial charge < -0.3 is 16.0 Å². The van der Waals surface area contributed by atoms with Crippen LogP contribution in [-0.4, -0.2) is 24.5 Å². The third-order valence-electron chi connectivity index (χ3n) is 4.58. The highest BCUT2D eigenvalue weighted by Gasteiger charge is 2.19. The number of pyridine rings is 1. The number of fused-ring (bicyclic) bond motifs is 1. The van der Waals surface area contributed by atoms with Crippen LogP contribution in [0.4, 0.5) is 11.8 Å². The van der Waals surface area contributed by atoms with Crippen LogP contribution in [-0.2, 0) is 13.0 Å². The third-order valence-corrected chi connectivity index (χ3v) is 4.58. The second kappa shape index (κ2) is 6.68. The highest BCUT2D eigenvalue weighted by Crippen LogP contribution is 2.31. The second-order valence-electron chi connectivity index (χ2n) is 6.31. The van der Waals surface area contributed by atoms with Gasteiger partial charge in [-0.15, -0.1) is 0 Å². The Morgan fingerprint density at radius 2 is 1.81 bits per heavy atom. The average Bonchev–Trinajstić information content (AvgIpc) is 3.05. The van der Waals surface area contributed by atoms with Crippen molar-refractivity contribution in [2.75, 3.05) is 11.5 Å². The molecule has 0 atom stereocenters. The Labute approximate surface area is 157 Å². The van der Waals surface area contributed by atoms with Gasteiger partial charge in [0.15, 0.2) is 5.65 Å². The molecule has 0 amide bonds. The maximum absolute atomic E-state index is 6.03. The van der Waals surface area contributed by atoms with E-state index < -0.39 is 0 Å². The molecule has 0 bridgehead atoms. The molecule has 0 aliphatic heterocycles. The number of nitrogen functional groups attached to an aromatic ring is 2. The van der Waals surface area contributed by atoms with E-state index in [9.17, 15) is 0 Å². The quantitative estimate of drug-likeness (QED) is 0.579. The van der Waals surface area contributed by atoms with Crippen LogP contribution < -0.4 is 11.5 Å². The minimum absolute atomic E-state index is 0.231. The topological polar surface area (TPSA) is 109 Å². The molecule has 1 aromatic carbocycles. The van der Waals surface area contributed by atoms with Crippen molar-refractivity contribution < 1.29 is 0 Å². The Balaban J connectivity index is 2.01. The molecule has 0 aliphatic rings. The summed E-state index contributed by atoms with van der Waals surface area (Å²) in [5.41, 5.74) is 17.2. The Morgan fingerprint density at radius 1 is 0.963 bits per heavy atom. The van der Waals surface area contributed by atoms with E-state index in [0.29, 0.717) is 18.0 Å². The zero-order valence-corrected chi connectivity index (χ0v) is 15.3. The average molecular weight is 359 g/mol. The van der Waals surface area contributed by atoms with E-state index in [4.69, 9.17) is 16.5 Å². The maximum Gasteiger partial charge on any atom is 0.222 e. The highest BCUT2D eigenvalue weighted by molar-refractivity contribution is 5.91. The van der Waals surface area contributed by atoms with E-state index in [1.54, 1.807) is 6.20 Å². The van der Waals surface area contributed by atoms with E-state index in [-0.39, 0.29) is 5.95 Å². The number of rotatable bonds is 4. The molecule has 0 spiro atoms. The van der Waals surface area contributed by atoms with Gasteiger partial charge in [0.1, 0.15) is 22.9 Å². The number of benzene rings is 1. The molecule has 0 aliphatic carbocycles. The predicted octanol–water partition coefficient (Wildman–Crippen LogP) is 3.30. The molecule has 0 saturated carbocycles. The van der Waals surface area contributed by atoms with Crippen LogP contribution in [0.1, 0.15) is 19.4 Å². The molecule has 3 aromatic heterocycles. The van der Waals surface area contributed by atoms with Crippen LogP contribution in [0, 0.1) is 0 Å². The lowest BCUT2D eigenvalue weighted by atomic mass is 10.1. The normalized spacial score (nSPS) is 11.2. The molecular weight excluding hydrogens is 338 g/mol. The van der Waals surface area contributed by atoms with Gasteiger partial charge in [0.05, 0.1) is 0 Å². The summed E-state index contributed by atoms with van der Waals surface area (Å²) in [6, 6.07) is 12.0. The first kappa shape index (κ1) is 17.0. The fourth-order valence-corrected chi connectivity index (χ4v) is 3.26. The van der Waals surface area contributed by atoms with Gasteiger partial charge in [0, 0.05) is 23.9 Å². The van der Waals surface area contributed by atoms with Crippen LogP contribution in [0.5, 0.6) is 0 Å². The summed E-state index contributed by atoms with van der Waals surface area (Å²) in [5, 5.41) is 0. The Kier molecular flexibility index (Phi) is 4.19. The van der Waals surface area contributed by atoms with Crippen molar-refractivity contribution in [3.8, 4) is 22.6 Å². The van der Waals surface area contributed by atoms with Crippen molar-refractivity contribution in [3.63, 3.8) is 0 Å². The third kappa shape index (κ3) is 2.97. The molecule has 0 unspecified atom stereocenters. The molecule has 0 saturated heterocycles. The van der Waals surface area contributed by atoms with Gasteiger partial charge in [0.25, 0.3) is 0 Å². The molecule has 136 valence electrons. The Hall–Kier alpha value is -3.48. The summed E-state index contributed by atoms with van der Waals surface area (Å²) in [6.07, 6.45) is 2.62. The zero-order valence-electron chi connectivity index (χ0n) is 15.3. The molecular formula is C20H21N7. The molecule has 7 heteroatoms. The summed E-state index contributed by atoms with van der Waals surface area (Å²) in [4.78, 5) is 17.9. The zero-order chi connectivity index (χ0) is 19.0. The lowest BCUT2D eigenvalue weighted by molar-refractivity contribution is 0.787. The lowest BCUT2D eigenvalue weighted by Gasteiger charge is -2.07. The van der Waals surface area contributed by atoms with Crippen molar-refractivity contribution >= 4 is 22.9 Å². The van der Waals surface area contributed by atoms with Gasteiger partial charge in [-0.3, -0.25) is 0 Å². The largest absolute Gasteiger partial charge is 0.384 e. The van der Waals surface area contributed by atoms with Gasteiger partial charge in [-0.05, 0) is 37.1 Å². The number of anilines is 2.